The number of carbonyl (C=O) groups is 2. The highest BCUT2D eigenvalue weighted by Crippen LogP contribution is 2.17. The van der Waals surface area contributed by atoms with Crippen LogP contribution in [-0.4, -0.2) is 43.1 Å². The Morgan fingerprint density at radius 2 is 2.09 bits per heavy atom. The summed E-state index contributed by atoms with van der Waals surface area (Å²) in [5.41, 5.74) is 7.33. The van der Waals surface area contributed by atoms with Gasteiger partial charge in [0.1, 0.15) is 0 Å². The van der Waals surface area contributed by atoms with Crippen LogP contribution in [0.15, 0.2) is 24.3 Å². The van der Waals surface area contributed by atoms with Crippen LogP contribution in [0.25, 0.3) is 0 Å². The summed E-state index contributed by atoms with van der Waals surface area (Å²) in [5.74, 6) is 0.127. The Kier molecular flexibility index (Phi) is 6.40. The normalized spacial score (nSPS) is 17.7. The number of benzene rings is 1. The number of piperidine rings is 1. The number of ether oxygens (including phenoxy) is 1. The van der Waals surface area contributed by atoms with Crippen LogP contribution in [0.5, 0.6) is 0 Å². The van der Waals surface area contributed by atoms with Gasteiger partial charge < -0.3 is 15.4 Å². The van der Waals surface area contributed by atoms with Crippen molar-refractivity contribution >= 4 is 17.7 Å². The summed E-state index contributed by atoms with van der Waals surface area (Å²) >= 11 is 0. The molecule has 6 heteroatoms. The van der Waals surface area contributed by atoms with Crippen molar-refractivity contribution in [1.82, 2.24) is 4.90 Å². The summed E-state index contributed by atoms with van der Waals surface area (Å²) in [6.45, 7) is 3.77. The Morgan fingerprint density at radius 3 is 2.74 bits per heavy atom. The topological polar surface area (TPSA) is 84.7 Å². The maximum Gasteiger partial charge on any atom is 0.411 e. The van der Waals surface area contributed by atoms with Crippen molar-refractivity contribution in [3.05, 3.63) is 29.8 Å². The van der Waals surface area contributed by atoms with E-state index in [-0.39, 0.29) is 18.4 Å². The largest absolute Gasteiger partial charge is 0.449 e. The van der Waals surface area contributed by atoms with Crippen LogP contribution in [-0.2, 0) is 16.0 Å². The molecule has 23 heavy (non-hydrogen) atoms. The van der Waals surface area contributed by atoms with Crippen molar-refractivity contribution in [3.63, 3.8) is 0 Å². The molecular formula is C17H25N3O3. The minimum Gasteiger partial charge on any atom is -0.449 e. The highest BCUT2D eigenvalue weighted by atomic mass is 16.5. The van der Waals surface area contributed by atoms with Crippen molar-refractivity contribution < 1.29 is 14.3 Å². The molecule has 1 aliphatic heterocycles. The Hall–Kier alpha value is -2.08. The van der Waals surface area contributed by atoms with Crippen LogP contribution in [0.1, 0.15) is 25.3 Å². The zero-order valence-electron chi connectivity index (χ0n) is 13.6. The van der Waals surface area contributed by atoms with Crippen molar-refractivity contribution in [2.45, 2.75) is 26.2 Å². The summed E-state index contributed by atoms with van der Waals surface area (Å²) in [5, 5.41) is 2.72. The van der Waals surface area contributed by atoms with Crippen LogP contribution in [0.2, 0.25) is 0 Å². The Labute approximate surface area is 137 Å². The molecule has 126 valence electrons. The monoisotopic (exact) mass is 319 g/mol. The average Bonchev–Trinajstić information content (AvgIpc) is 2.60. The molecule has 0 aromatic heterocycles. The molecule has 0 aliphatic carbocycles. The first kappa shape index (κ1) is 17.3. The van der Waals surface area contributed by atoms with Gasteiger partial charge in [-0.15, -0.1) is 0 Å². The van der Waals surface area contributed by atoms with Crippen LogP contribution in [0.4, 0.5) is 10.5 Å². The summed E-state index contributed by atoms with van der Waals surface area (Å²) in [4.78, 5) is 25.2. The second-order valence-corrected chi connectivity index (χ2v) is 5.83. The van der Waals surface area contributed by atoms with Crippen LogP contribution in [0, 0.1) is 5.92 Å². The zero-order valence-corrected chi connectivity index (χ0v) is 13.6. The van der Waals surface area contributed by atoms with Crippen molar-refractivity contribution in [3.8, 4) is 0 Å². The van der Waals surface area contributed by atoms with E-state index in [1.165, 1.54) is 5.56 Å². The van der Waals surface area contributed by atoms with Gasteiger partial charge in [0.15, 0.2) is 0 Å². The molecule has 0 radical (unpaired) electrons. The fraction of sp³-hybridized carbons (Fsp3) is 0.529. The summed E-state index contributed by atoms with van der Waals surface area (Å²) < 4.78 is 5.28. The highest BCUT2D eigenvalue weighted by molar-refractivity contribution is 5.84. The first-order valence-corrected chi connectivity index (χ1v) is 8.13. The lowest BCUT2D eigenvalue weighted by molar-refractivity contribution is -0.131. The number of nitrogens with zero attached hydrogens (tertiary/aromatic N) is 1. The minimum atomic E-state index is -0.462. The number of likely N-dealkylation sites (tertiary alicyclic amines) is 1. The summed E-state index contributed by atoms with van der Waals surface area (Å²) in [6.07, 6.45) is 2.37. The predicted octanol–water partition coefficient (Wildman–Crippen LogP) is 1.99. The number of amides is 2. The van der Waals surface area contributed by atoms with Gasteiger partial charge in [0.05, 0.1) is 13.2 Å². The number of rotatable bonds is 5. The van der Waals surface area contributed by atoms with Crippen molar-refractivity contribution in [2.75, 3.05) is 31.6 Å². The fourth-order valence-electron chi connectivity index (χ4n) is 2.73. The van der Waals surface area contributed by atoms with Crippen LogP contribution >= 0.6 is 0 Å². The number of nitrogens with one attached hydrogen (secondary N) is 1. The van der Waals surface area contributed by atoms with Gasteiger partial charge >= 0.3 is 6.09 Å². The molecule has 0 saturated carbocycles. The summed E-state index contributed by atoms with van der Waals surface area (Å²) in [6, 6.07) is 7.69. The third-order valence-corrected chi connectivity index (χ3v) is 4.11. The number of aryl methyl sites for hydroxylation is 1. The third kappa shape index (κ3) is 5.25. The molecule has 1 aromatic rings. The number of carbonyl (C=O) groups excluding carboxylic acids is 2. The fourth-order valence-corrected chi connectivity index (χ4v) is 2.73. The van der Waals surface area contributed by atoms with Gasteiger partial charge in [0.25, 0.3) is 0 Å². The smallest absolute Gasteiger partial charge is 0.411 e. The molecule has 2 amide bonds. The van der Waals surface area contributed by atoms with Crippen LogP contribution in [0.3, 0.4) is 0 Å². The molecule has 6 nitrogen and oxygen atoms in total. The van der Waals surface area contributed by atoms with E-state index in [1.54, 1.807) is 4.90 Å². The molecule has 1 heterocycles. The molecule has 0 bridgehead atoms. The SMILES string of the molecule is CCc1ccc(NC(=O)OCC2CCCN(C(=O)CN)C2)cc1. The second-order valence-electron chi connectivity index (χ2n) is 5.83. The average molecular weight is 319 g/mol. The first-order chi connectivity index (χ1) is 11.1. The first-order valence-electron chi connectivity index (χ1n) is 8.13. The van der Waals surface area contributed by atoms with Gasteiger partial charge in [-0.05, 0) is 37.0 Å². The maximum absolute atomic E-state index is 11.8. The van der Waals surface area contributed by atoms with Gasteiger partial charge in [0.2, 0.25) is 5.91 Å². The molecule has 0 spiro atoms. The molecular weight excluding hydrogens is 294 g/mol. The minimum absolute atomic E-state index is 0.0296. The predicted molar refractivity (Wildman–Crippen MR) is 89.1 cm³/mol. The van der Waals surface area contributed by atoms with E-state index < -0.39 is 6.09 Å². The Bertz CT molecular complexity index is 530. The standard InChI is InChI=1S/C17H25N3O3/c1-2-13-5-7-15(8-6-13)19-17(22)23-12-14-4-3-9-20(11-14)16(21)10-18/h5-8,14H,2-4,9-12,18H2,1H3,(H,19,22). The van der Waals surface area contributed by atoms with Gasteiger partial charge in [0, 0.05) is 24.7 Å². The van der Waals surface area contributed by atoms with Gasteiger partial charge in [-0.3, -0.25) is 10.1 Å². The number of hydrogen-bond donors (Lipinski definition) is 2. The molecule has 1 aliphatic rings. The lowest BCUT2D eigenvalue weighted by Crippen LogP contribution is -2.44. The maximum atomic E-state index is 11.8. The molecule has 1 saturated heterocycles. The quantitative estimate of drug-likeness (QED) is 0.869. The van der Waals surface area contributed by atoms with Crippen LogP contribution < -0.4 is 11.1 Å². The van der Waals surface area contributed by atoms with Gasteiger partial charge in [-0.2, -0.15) is 0 Å². The van der Waals surface area contributed by atoms with E-state index >= 15 is 0 Å². The zero-order chi connectivity index (χ0) is 16.7. The lowest BCUT2D eigenvalue weighted by atomic mass is 9.99. The van der Waals surface area contributed by atoms with E-state index in [2.05, 4.69) is 12.2 Å². The third-order valence-electron chi connectivity index (χ3n) is 4.11. The molecule has 1 fully saturated rings. The Balaban J connectivity index is 1.76. The van der Waals surface area contributed by atoms with Crippen molar-refractivity contribution in [1.29, 1.82) is 0 Å². The summed E-state index contributed by atoms with van der Waals surface area (Å²) in [7, 11) is 0. The second kappa shape index (κ2) is 8.53. The van der Waals surface area contributed by atoms with E-state index in [9.17, 15) is 9.59 Å². The van der Waals surface area contributed by atoms with E-state index in [0.29, 0.717) is 13.2 Å². The molecule has 1 aromatic carbocycles. The number of hydrogen-bond acceptors (Lipinski definition) is 4. The number of anilines is 1. The van der Waals surface area contributed by atoms with Gasteiger partial charge in [-0.25, -0.2) is 4.79 Å². The lowest BCUT2D eigenvalue weighted by Gasteiger charge is -2.32. The molecule has 2 rings (SSSR count). The van der Waals surface area contributed by atoms with E-state index in [4.69, 9.17) is 10.5 Å². The highest BCUT2D eigenvalue weighted by Gasteiger charge is 2.23. The number of nitrogens with two attached hydrogens (primary N) is 1. The van der Waals surface area contributed by atoms with Crippen molar-refractivity contribution in [2.24, 2.45) is 11.7 Å². The molecule has 3 N–H and O–H groups in total. The molecule has 1 atom stereocenters. The molecule has 1 unspecified atom stereocenters. The van der Waals surface area contributed by atoms with E-state index in [0.717, 1.165) is 31.5 Å². The Morgan fingerprint density at radius 1 is 1.35 bits per heavy atom. The van der Waals surface area contributed by atoms with E-state index in [1.807, 2.05) is 24.3 Å². The van der Waals surface area contributed by atoms with Gasteiger partial charge in [-0.1, -0.05) is 19.1 Å².